The maximum Gasteiger partial charge on any atom is 0.0486 e. The van der Waals surface area contributed by atoms with Crippen LogP contribution < -0.4 is 0 Å². The molecule has 5 rings (SSSR count). The zero-order chi connectivity index (χ0) is 21.9. The fourth-order valence-corrected chi connectivity index (χ4v) is 5.09. The van der Waals surface area contributed by atoms with E-state index in [0.29, 0.717) is 0 Å². The molecule has 164 valence electrons. The second-order valence-electron chi connectivity index (χ2n) is 9.27. The predicted octanol–water partition coefficient (Wildman–Crippen LogP) is 5.64. The van der Waals surface area contributed by atoms with Crippen LogP contribution in [0.4, 0.5) is 0 Å². The maximum atomic E-state index is 2.61. The molecule has 1 aliphatic heterocycles. The number of nitrogens with zero attached hydrogens (tertiary/aromatic N) is 3. The topological polar surface area (TPSA) is 11.4 Å². The van der Waals surface area contributed by atoms with Crippen molar-refractivity contribution in [1.82, 2.24) is 14.4 Å². The van der Waals surface area contributed by atoms with E-state index in [1.54, 1.807) is 5.69 Å². The van der Waals surface area contributed by atoms with Crippen LogP contribution in [-0.4, -0.2) is 34.5 Å². The summed E-state index contributed by atoms with van der Waals surface area (Å²) in [5.41, 5.74) is 8.58. The zero-order valence-corrected chi connectivity index (χ0v) is 19.3. The van der Waals surface area contributed by atoms with Gasteiger partial charge in [-0.05, 0) is 42.8 Å². The lowest BCUT2D eigenvalue weighted by molar-refractivity contribution is 0.244. The van der Waals surface area contributed by atoms with Crippen molar-refractivity contribution in [2.75, 3.05) is 20.1 Å². The maximum absolute atomic E-state index is 2.61. The predicted molar refractivity (Wildman–Crippen MR) is 134 cm³/mol. The van der Waals surface area contributed by atoms with Crippen molar-refractivity contribution in [3.05, 3.63) is 107 Å². The largest absolute Gasteiger partial charge is 0.343 e. The van der Waals surface area contributed by atoms with Gasteiger partial charge in [-0.15, -0.1) is 0 Å². The van der Waals surface area contributed by atoms with Crippen LogP contribution in [0.1, 0.15) is 27.9 Å². The van der Waals surface area contributed by atoms with Gasteiger partial charge in [-0.25, -0.2) is 0 Å². The Morgan fingerprint density at radius 1 is 0.844 bits per heavy atom. The van der Waals surface area contributed by atoms with Crippen LogP contribution in [-0.2, 0) is 32.6 Å². The minimum Gasteiger partial charge on any atom is -0.343 e. The molecule has 0 N–H and O–H groups in total. The number of benzene rings is 3. The third-order valence-electron chi connectivity index (χ3n) is 6.74. The first-order chi connectivity index (χ1) is 15.7. The number of hydrogen-bond acceptors (Lipinski definition) is 2. The van der Waals surface area contributed by atoms with Crippen LogP contribution in [0.15, 0.2) is 78.9 Å². The van der Waals surface area contributed by atoms with E-state index in [-0.39, 0.29) is 0 Å². The standard InChI is InChI=1S/C29H33N3/c1-23-13-14-28-26(19-23)27-22-30(2)16-15-29(27)32(28)18-17-31(20-24-9-5-3-6-10-24)21-25-11-7-4-8-12-25/h3-14,19H,15-18,20-22H2,1-2H3. The van der Waals surface area contributed by atoms with E-state index in [2.05, 4.69) is 107 Å². The second-order valence-corrected chi connectivity index (χ2v) is 9.27. The third-order valence-corrected chi connectivity index (χ3v) is 6.74. The molecule has 2 heterocycles. The van der Waals surface area contributed by atoms with Gasteiger partial charge in [0.2, 0.25) is 0 Å². The molecule has 3 nitrogen and oxygen atoms in total. The number of aryl methyl sites for hydroxylation is 1. The summed E-state index contributed by atoms with van der Waals surface area (Å²) in [6, 6.07) is 28.7. The van der Waals surface area contributed by atoms with Gasteiger partial charge in [0.25, 0.3) is 0 Å². The van der Waals surface area contributed by atoms with E-state index < -0.39 is 0 Å². The van der Waals surface area contributed by atoms with E-state index >= 15 is 0 Å². The van der Waals surface area contributed by atoms with E-state index in [1.807, 2.05) is 0 Å². The Balaban J connectivity index is 1.43. The van der Waals surface area contributed by atoms with Crippen LogP contribution in [0.2, 0.25) is 0 Å². The quantitative estimate of drug-likeness (QED) is 0.381. The van der Waals surface area contributed by atoms with Crippen molar-refractivity contribution in [2.45, 2.75) is 39.5 Å². The molecule has 0 spiro atoms. The van der Waals surface area contributed by atoms with Crippen LogP contribution in [0.3, 0.4) is 0 Å². The van der Waals surface area contributed by atoms with Crippen molar-refractivity contribution in [1.29, 1.82) is 0 Å². The van der Waals surface area contributed by atoms with Crippen molar-refractivity contribution in [2.24, 2.45) is 0 Å². The van der Waals surface area contributed by atoms with Crippen LogP contribution in [0.25, 0.3) is 10.9 Å². The average molecular weight is 424 g/mol. The average Bonchev–Trinajstić information content (AvgIpc) is 3.11. The Hall–Kier alpha value is -2.88. The molecule has 0 atom stereocenters. The molecule has 3 heteroatoms. The van der Waals surface area contributed by atoms with Gasteiger partial charge in [0.1, 0.15) is 0 Å². The summed E-state index contributed by atoms with van der Waals surface area (Å²) in [6.45, 7) is 8.40. The Morgan fingerprint density at radius 3 is 2.16 bits per heavy atom. The highest BCUT2D eigenvalue weighted by Gasteiger charge is 2.22. The first-order valence-corrected chi connectivity index (χ1v) is 11.8. The van der Waals surface area contributed by atoms with E-state index in [4.69, 9.17) is 0 Å². The van der Waals surface area contributed by atoms with Gasteiger partial charge in [-0.1, -0.05) is 72.3 Å². The molecule has 4 aromatic rings. The Bertz CT molecular complexity index is 1140. The summed E-state index contributed by atoms with van der Waals surface area (Å²) in [6.07, 6.45) is 1.14. The summed E-state index contributed by atoms with van der Waals surface area (Å²) in [4.78, 5) is 5.04. The van der Waals surface area contributed by atoms with Gasteiger partial charge in [0.15, 0.2) is 0 Å². The molecular weight excluding hydrogens is 390 g/mol. The molecule has 0 bridgehead atoms. The minimum absolute atomic E-state index is 0.971. The fourth-order valence-electron chi connectivity index (χ4n) is 5.09. The highest BCUT2D eigenvalue weighted by molar-refractivity contribution is 5.86. The molecule has 3 aromatic carbocycles. The first-order valence-electron chi connectivity index (χ1n) is 11.8. The summed E-state index contributed by atoms with van der Waals surface area (Å²) >= 11 is 0. The summed E-state index contributed by atoms with van der Waals surface area (Å²) in [5.74, 6) is 0. The third kappa shape index (κ3) is 4.50. The molecule has 0 fully saturated rings. The molecule has 0 amide bonds. The first kappa shape index (κ1) is 21.0. The van der Waals surface area contributed by atoms with Gasteiger partial charge in [-0.3, -0.25) is 4.90 Å². The fraction of sp³-hybridized carbons (Fsp3) is 0.310. The molecule has 0 saturated carbocycles. The number of likely N-dealkylation sites (N-methyl/N-ethyl adjacent to an activating group) is 1. The van der Waals surface area contributed by atoms with E-state index in [0.717, 1.165) is 45.7 Å². The minimum atomic E-state index is 0.971. The number of fused-ring (bicyclic) bond motifs is 3. The highest BCUT2D eigenvalue weighted by Crippen LogP contribution is 2.31. The smallest absolute Gasteiger partial charge is 0.0486 e. The molecule has 1 aliphatic rings. The Kier molecular flexibility index (Phi) is 6.11. The second kappa shape index (κ2) is 9.32. The zero-order valence-electron chi connectivity index (χ0n) is 19.3. The molecule has 32 heavy (non-hydrogen) atoms. The molecule has 1 aromatic heterocycles. The van der Waals surface area contributed by atoms with E-state index in [9.17, 15) is 0 Å². The van der Waals surface area contributed by atoms with Crippen LogP contribution in [0.5, 0.6) is 0 Å². The van der Waals surface area contributed by atoms with Crippen molar-refractivity contribution >= 4 is 10.9 Å². The molecule has 0 radical (unpaired) electrons. The van der Waals surface area contributed by atoms with Crippen molar-refractivity contribution < 1.29 is 0 Å². The SMILES string of the molecule is Cc1ccc2c(c1)c1c(n2CCN(Cc2ccccc2)Cc2ccccc2)CCN(C)C1. The van der Waals surface area contributed by atoms with Crippen LogP contribution in [0, 0.1) is 6.92 Å². The van der Waals surface area contributed by atoms with Crippen molar-refractivity contribution in [3.8, 4) is 0 Å². The lowest BCUT2D eigenvalue weighted by Crippen LogP contribution is -2.30. The summed E-state index contributed by atoms with van der Waals surface area (Å²) in [5, 5.41) is 1.45. The monoisotopic (exact) mass is 423 g/mol. The molecule has 0 aliphatic carbocycles. The van der Waals surface area contributed by atoms with Gasteiger partial charge in [0, 0.05) is 62.3 Å². The van der Waals surface area contributed by atoms with Gasteiger partial charge in [-0.2, -0.15) is 0 Å². The number of aromatic nitrogens is 1. The lowest BCUT2D eigenvalue weighted by atomic mass is 10.0. The van der Waals surface area contributed by atoms with Gasteiger partial charge >= 0.3 is 0 Å². The highest BCUT2D eigenvalue weighted by atomic mass is 15.2. The molecule has 0 unspecified atom stereocenters. The summed E-state index contributed by atoms with van der Waals surface area (Å²) < 4.78 is 2.61. The lowest BCUT2D eigenvalue weighted by Gasteiger charge is -2.26. The Morgan fingerprint density at radius 2 is 1.50 bits per heavy atom. The normalized spacial score (nSPS) is 14.2. The van der Waals surface area contributed by atoms with Gasteiger partial charge < -0.3 is 9.47 Å². The van der Waals surface area contributed by atoms with E-state index in [1.165, 1.54) is 33.2 Å². The molecular formula is C29H33N3. The number of rotatable bonds is 7. The summed E-state index contributed by atoms with van der Waals surface area (Å²) in [7, 11) is 2.24. The van der Waals surface area contributed by atoms with Crippen LogP contribution >= 0.6 is 0 Å². The van der Waals surface area contributed by atoms with Gasteiger partial charge in [0.05, 0.1) is 0 Å². The molecule has 0 saturated heterocycles. The Labute approximate surface area is 191 Å². The number of hydrogen-bond donors (Lipinski definition) is 0. The van der Waals surface area contributed by atoms with Crippen molar-refractivity contribution in [3.63, 3.8) is 0 Å².